The molecule has 37 heavy (non-hydrogen) atoms. The fourth-order valence-electron chi connectivity index (χ4n) is 5.16. The van der Waals surface area contributed by atoms with Crippen molar-refractivity contribution in [2.45, 2.75) is 45.2 Å². The molecule has 0 saturated carbocycles. The standard InChI is InChI=1S/C24H29Cl2N9O2/c1-3-16-13-34(22-20(26)29-19(21(27)30-22)23-32-31-14(2)37-23)10-11-35(16)17-6-8-33(9-7-17)24(36)15-4-5-18(25)28-12-15/h4-5,12,16-17H,3,6-11,13H2,1-2H3,(H2,27,30)/t16-/m0/s1. The molecule has 1 atom stereocenters. The van der Waals surface area contributed by atoms with Gasteiger partial charge in [-0.2, -0.15) is 0 Å². The van der Waals surface area contributed by atoms with Crippen LogP contribution < -0.4 is 10.6 Å². The maximum atomic E-state index is 12.9. The lowest BCUT2D eigenvalue weighted by Gasteiger charge is -2.47. The van der Waals surface area contributed by atoms with Gasteiger partial charge in [-0.15, -0.1) is 10.2 Å². The Labute approximate surface area is 225 Å². The van der Waals surface area contributed by atoms with Crippen molar-refractivity contribution in [2.75, 3.05) is 43.4 Å². The number of likely N-dealkylation sites (tertiary alicyclic amines) is 1. The molecule has 2 fully saturated rings. The van der Waals surface area contributed by atoms with Gasteiger partial charge in [0.1, 0.15) is 5.15 Å². The van der Waals surface area contributed by atoms with Gasteiger partial charge in [0.15, 0.2) is 22.5 Å². The third kappa shape index (κ3) is 5.34. The second-order valence-electron chi connectivity index (χ2n) is 9.34. The summed E-state index contributed by atoms with van der Waals surface area (Å²) < 4.78 is 5.44. The van der Waals surface area contributed by atoms with Crippen molar-refractivity contribution in [1.29, 1.82) is 0 Å². The Morgan fingerprint density at radius 1 is 1.14 bits per heavy atom. The van der Waals surface area contributed by atoms with Crippen LogP contribution in [0, 0.1) is 6.92 Å². The molecule has 0 radical (unpaired) electrons. The molecule has 2 N–H and O–H groups in total. The lowest BCUT2D eigenvalue weighted by molar-refractivity contribution is 0.0490. The quantitative estimate of drug-likeness (QED) is 0.476. The lowest BCUT2D eigenvalue weighted by Crippen LogP contribution is -2.58. The number of aromatic nitrogens is 5. The van der Waals surface area contributed by atoms with Gasteiger partial charge in [0.2, 0.25) is 5.89 Å². The number of anilines is 2. The minimum atomic E-state index is 0.00409. The predicted molar refractivity (Wildman–Crippen MR) is 141 cm³/mol. The third-order valence-corrected chi connectivity index (χ3v) is 7.56. The van der Waals surface area contributed by atoms with Crippen LogP contribution in [0.4, 0.5) is 11.6 Å². The normalized spacial score (nSPS) is 19.4. The Bertz CT molecular complexity index is 1260. The third-order valence-electron chi connectivity index (χ3n) is 7.09. The van der Waals surface area contributed by atoms with E-state index in [0.29, 0.717) is 47.6 Å². The number of nitrogens with zero attached hydrogens (tertiary/aromatic N) is 8. The molecule has 11 nitrogen and oxygen atoms in total. The highest BCUT2D eigenvalue weighted by atomic mass is 35.5. The molecule has 1 amide bonds. The van der Waals surface area contributed by atoms with Gasteiger partial charge in [0.25, 0.3) is 11.8 Å². The second kappa shape index (κ2) is 10.8. The van der Waals surface area contributed by atoms with Gasteiger partial charge >= 0.3 is 0 Å². The molecule has 5 heterocycles. The highest BCUT2D eigenvalue weighted by Crippen LogP contribution is 2.32. The van der Waals surface area contributed by atoms with Crippen molar-refractivity contribution in [1.82, 2.24) is 34.9 Å². The summed E-state index contributed by atoms with van der Waals surface area (Å²) in [5.41, 5.74) is 7.05. The summed E-state index contributed by atoms with van der Waals surface area (Å²) in [5, 5.41) is 8.44. The fraction of sp³-hybridized carbons (Fsp3) is 0.500. The van der Waals surface area contributed by atoms with E-state index < -0.39 is 0 Å². The van der Waals surface area contributed by atoms with Crippen LogP contribution in [0.2, 0.25) is 10.3 Å². The van der Waals surface area contributed by atoms with Crippen LogP contribution in [-0.2, 0) is 0 Å². The first kappa shape index (κ1) is 25.6. The van der Waals surface area contributed by atoms with E-state index in [1.165, 1.54) is 0 Å². The van der Waals surface area contributed by atoms with Crippen LogP contribution in [0.1, 0.15) is 42.4 Å². The minimum Gasteiger partial charge on any atom is -0.420 e. The Morgan fingerprint density at radius 2 is 1.92 bits per heavy atom. The van der Waals surface area contributed by atoms with E-state index in [2.05, 4.69) is 41.9 Å². The molecule has 0 unspecified atom stereocenters. The lowest BCUT2D eigenvalue weighted by atomic mass is 9.98. The molecule has 2 aliphatic rings. The number of nitrogens with two attached hydrogens (primary N) is 1. The van der Waals surface area contributed by atoms with Gasteiger partial charge in [0.05, 0.1) is 5.56 Å². The number of hydrogen-bond donors (Lipinski definition) is 1. The van der Waals surface area contributed by atoms with E-state index in [-0.39, 0.29) is 28.5 Å². The molecule has 0 aromatic carbocycles. The van der Waals surface area contributed by atoms with E-state index in [1.807, 2.05) is 4.90 Å². The Kier molecular flexibility index (Phi) is 7.45. The molecule has 196 valence electrons. The molecule has 3 aromatic rings. The first-order chi connectivity index (χ1) is 17.8. The van der Waals surface area contributed by atoms with E-state index in [0.717, 1.165) is 38.9 Å². The first-order valence-corrected chi connectivity index (χ1v) is 13.1. The topological polar surface area (TPSA) is 130 Å². The average molecular weight is 546 g/mol. The predicted octanol–water partition coefficient (Wildman–Crippen LogP) is 3.32. The molecule has 0 bridgehead atoms. The maximum absolute atomic E-state index is 12.9. The number of pyridine rings is 1. The Morgan fingerprint density at radius 3 is 2.57 bits per heavy atom. The molecule has 0 spiro atoms. The molecule has 2 saturated heterocycles. The van der Waals surface area contributed by atoms with Gasteiger partial charge < -0.3 is 20.0 Å². The molecule has 2 aliphatic heterocycles. The van der Waals surface area contributed by atoms with Crippen LogP contribution >= 0.6 is 23.2 Å². The van der Waals surface area contributed by atoms with Crippen molar-refractivity contribution < 1.29 is 9.21 Å². The summed E-state index contributed by atoms with van der Waals surface area (Å²) in [5.74, 6) is 1.38. The maximum Gasteiger partial charge on any atom is 0.270 e. The number of carbonyl (C=O) groups excluding carboxylic acids is 1. The highest BCUT2D eigenvalue weighted by Gasteiger charge is 2.35. The average Bonchev–Trinajstić information content (AvgIpc) is 3.35. The van der Waals surface area contributed by atoms with Crippen molar-refractivity contribution >= 4 is 40.7 Å². The van der Waals surface area contributed by atoms with E-state index in [9.17, 15) is 4.79 Å². The van der Waals surface area contributed by atoms with Gasteiger partial charge in [-0.3, -0.25) is 9.69 Å². The number of halogens is 2. The molecular weight excluding hydrogens is 517 g/mol. The van der Waals surface area contributed by atoms with Gasteiger partial charge in [-0.1, -0.05) is 30.1 Å². The van der Waals surface area contributed by atoms with Crippen molar-refractivity contribution in [3.05, 3.63) is 40.1 Å². The summed E-state index contributed by atoms with van der Waals surface area (Å²) in [4.78, 5) is 32.5. The number of nitrogen functional groups attached to an aromatic ring is 1. The smallest absolute Gasteiger partial charge is 0.270 e. The van der Waals surface area contributed by atoms with E-state index in [1.54, 1.807) is 25.3 Å². The monoisotopic (exact) mass is 545 g/mol. The molecular formula is C24H29Cl2N9O2. The Hall–Kier alpha value is -3.02. The zero-order valence-electron chi connectivity index (χ0n) is 20.8. The molecule has 5 rings (SSSR count). The zero-order chi connectivity index (χ0) is 26.1. The molecule has 3 aromatic heterocycles. The fourth-order valence-corrected chi connectivity index (χ4v) is 5.52. The Balaban J connectivity index is 1.23. The summed E-state index contributed by atoms with van der Waals surface area (Å²) in [6, 6.07) is 4.11. The number of piperazine rings is 1. The molecule has 0 aliphatic carbocycles. The van der Waals surface area contributed by atoms with Crippen LogP contribution in [0.3, 0.4) is 0 Å². The van der Waals surface area contributed by atoms with Gasteiger partial charge in [0, 0.05) is 57.9 Å². The van der Waals surface area contributed by atoms with Gasteiger partial charge in [-0.25, -0.2) is 15.0 Å². The number of hydrogen-bond acceptors (Lipinski definition) is 10. The zero-order valence-corrected chi connectivity index (χ0v) is 22.3. The highest BCUT2D eigenvalue weighted by molar-refractivity contribution is 6.32. The summed E-state index contributed by atoms with van der Waals surface area (Å²) in [6.07, 6.45) is 4.37. The number of amides is 1. The number of rotatable bonds is 5. The number of piperidine rings is 1. The van der Waals surface area contributed by atoms with Crippen molar-refractivity contribution in [2.24, 2.45) is 0 Å². The SMILES string of the molecule is CC[C@H]1CN(c2nc(N)c(-c3nnc(C)o3)nc2Cl)CCN1C1CCN(C(=O)c2ccc(Cl)nc2)CC1. The molecule has 13 heteroatoms. The van der Waals surface area contributed by atoms with Crippen LogP contribution in [-0.4, -0.2) is 85.7 Å². The van der Waals surface area contributed by atoms with E-state index >= 15 is 0 Å². The number of aryl methyl sites for hydroxylation is 1. The van der Waals surface area contributed by atoms with Crippen LogP contribution in [0.15, 0.2) is 22.7 Å². The minimum absolute atomic E-state index is 0.00409. The first-order valence-electron chi connectivity index (χ1n) is 12.4. The van der Waals surface area contributed by atoms with Crippen LogP contribution in [0.25, 0.3) is 11.6 Å². The largest absolute Gasteiger partial charge is 0.420 e. The van der Waals surface area contributed by atoms with Crippen molar-refractivity contribution in [3.8, 4) is 11.6 Å². The summed E-state index contributed by atoms with van der Waals surface area (Å²) in [6.45, 7) is 7.69. The van der Waals surface area contributed by atoms with Crippen molar-refractivity contribution in [3.63, 3.8) is 0 Å². The number of carbonyl (C=O) groups is 1. The summed E-state index contributed by atoms with van der Waals surface area (Å²) >= 11 is 12.4. The van der Waals surface area contributed by atoms with Gasteiger partial charge in [-0.05, 0) is 31.4 Å². The second-order valence-corrected chi connectivity index (χ2v) is 10.1. The van der Waals surface area contributed by atoms with Crippen LogP contribution in [0.5, 0.6) is 0 Å². The van der Waals surface area contributed by atoms with E-state index in [4.69, 9.17) is 33.4 Å². The summed E-state index contributed by atoms with van der Waals surface area (Å²) in [7, 11) is 0.